The first kappa shape index (κ1) is 11.1. The van der Waals surface area contributed by atoms with Gasteiger partial charge < -0.3 is 11.1 Å². The van der Waals surface area contributed by atoms with Gasteiger partial charge in [0.15, 0.2) is 0 Å². The maximum absolute atomic E-state index is 6.23. The quantitative estimate of drug-likeness (QED) is 0.790. The maximum Gasteiger partial charge on any atom is 0.118 e. The molecule has 0 fully saturated rings. The third kappa shape index (κ3) is 1.83. The molecule has 1 heterocycles. The molecule has 0 spiro atoms. The maximum atomic E-state index is 6.23. The molecule has 1 aliphatic heterocycles. The van der Waals surface area contributed by atoms with Crippen LogP contribution in [0.2, 0.25) is 0 Å². The van der Waals surface area contributed by atoms with Crippen LogP contribution in [0.25, 0.3) is 0 Å². The summed E-state index contributed by atoms with van der Waals surface area (Å²) in [5, 5.41) is 3.24. The van der Waals surface area contributed by atoms with Crippen molar-refractivity contribution in [3.63, 3.8) is 0 Å². The number of hydrogen-bond donors (Lipinski definition) is 2. The van der Waals surface area contributed by atoms with Crippen LogP contribution in [0.4, 0.5) is 0 Å². The predicted molar refractivity (Wildman–Crippen MR) is 67.9 cm³/mol. The third-order valence-corrected chi connectivity index (χ3v) is 3.43. The zero-order chi connectivity index (χ0) is 11.7. The van der Waals surface area contributed by atoms with E-state index in [-0.39, 0.29) is 6.04 Å². The summed E-state index contributed by atoms with van der Waals surface area (Å²) in [6, 6.07) is 4.14. The lowest BCUT2D eigenvalue weighted by atomic mass is 9.94. The number of hydrogen-bond acceptors (Lipinski definition) is 3. The van der Waals surface area contributed by atoms with Crippen LogP contribution in [-0.4, -0.2) is 18.9 Å². The monoisotopic (exact) mass is 217 g/mol. The Morgan fingerprint density at radius 1 is 1.25 bits per heavy atom. The van der Waals surface area contributed by atoms with Gasteiger partial charge in [-0.3, -0.25) is 4.99 Å². The second kappa shape index (κ2) is 4.26. The van der Waals surface area contributed by atoms with Crippen molar-refractivity contribution < 1.29 is 0 Å². The largest absolute Gasteiger partial charge is 0.370 e. The van der Waals surface area contributed by atoms with E-state index in [4.69, 9.17) is 5.73 Å². The van der Waals surface area contributed by atoms with Crippen LogP contribution in [-0.2, 0) is 0 Å². The van der Waals surface area contributed by atoms with Crippen molar-refractivity contribution in [3.05, 3.63) is 34.4 Å². The minimum atomic E-state index is -0.109. The normalized spacial score (nSPS) is 16.9. The highest BCUT2D eigenvalue weighted by atomic mass is 15.1. The summed E-state index contributed by atoms with van der Waals surface area (Å²) in [4.78, 5) is 4.39. The molecular formula is C13H19N3. The number of nitrogens with one attached hydrogen (secondary N) is 1. The highest BCUT2D eigenvalue weighted by Crippen LogP contribution is 2.22. The van der Waals surface area contributed by atoms with Gasteiger partial charge in [-0.2, -0.15) is 0 Å². The van der Waals surface area contributed by atoms with Crippen molar-refractivity contribution in [1.29, 1.82) is 0 Å². The molecule has 0 saturated heterocycles. The highest BCUT2D eigenvalue weighted by Gasteiger charge is 2.18. The van der Waals surface area contributed by atoms with E-state index in [2.05, 4.69) is 43.2 Å². The van der Waals surface area contributed by atoms with E-state index in [0.717, 1.165) is 18.9 Å². The number of aryl methyl sites for hydroxylation is 1. The van der Waals surface area contributed by atoms with Crippen molar-refractivity contribution in [1.82, 2.24) is 5.32 Å². The summed E-state index contributed by atoms with van der Waals surface area (Å²) in [6.45, 7) is 8.15. The van der Waals surface area contributed by atoms with Crippen LogP contribution in [0, 0.1) is 20.8 Å². The van der Waals surface area contributed by atoms with Gasteiger partial charge in [0.05, 0.1) is 12.6 Å². The molecule has 2 rings (SSSR count). The molecule has 0 bridgehead atoms. The van der Waals surface area contributed by atoms with E-state index in [1.54, 1.807) is 0 Å². The van der Waals surface area contributed by atoms with Crippen molar-refractivity contribution in [2.75, 3.05) is 13.1 Å². The van der Waals surface area contributed by atoms with Gasteiger partial charge >= 0.3 is 0 Å². The van der Waals surface area contributed by atoms with E-state index < -0.39 is 0 Å². The van der Waals surface area contributed by atoms with Gasteiger partial charge in [0.1, 0.15) is 5.84 Å². The molecule has 1 aromatic rings. The lowest BCUT2D eigenvalue weighted by molar-refractivity contribution is 0.883. The SMILES string of the molecule is Cc1ccc(C(N)C2=NCCN2)c(C)c1C. The van der Waals surface area contributed by atoms with Crippen molar-refractivity contribution in [3.8, 4) is 0 Å². The molecule has 86 valence electrons. The number of nitrogens with two attached hydrogens (primary N) is 1. The smallest absolute Gasteiger partial charge is 0.118 e. The minimum absolute atomic E-state index is 0.109. The number of aliphatic imine (C=N–C) groups is 1. The van der Waals surface area contributed by atoms with Crippen LogP contribution < -0.4 is 11.1 Å². The number of rotatable bonds is 2. The molecule has 3 heteroatoms. The number of benzene rings is 1. The lowest BCUT2D eigenvalue weighted by Crippen LogP contribution is -2.31. The van der Waals surface area contributed by atoms with Crippen LogP contribution in [0.1, 0.15) is 28.3 Å². The Bertz CT molecular complexity index is 435. The summed E-state index contributed by atoms with van der Waals surface area (Å²) >= 11 is 0. The summed E-state index contributed by atoms with van der Waals surface area (Å²) in [6.07, 6.45) is 0. The van der Waals surface area contributed by atoms with E-state index in [0.29, 0.717) is 0 Å². The zero-order valence-corrected chi connectivity index (χ0v) is 10.2. The Morgan fingerprint density at radius 3 is 2.62 bits per heavy atom. The Kier molecular flexibility index (Phi) is 2.97. The molecule has 1 unspecified atom stereocenters. The van der Waals surface area contributed by atoms with Gasteiger partial charge in [-0.1, -0.05) is 12.1 Å². The molecule has 1 aromatic carbocycles. The van der Waals surface area contributed by atoms with E-state index in [1.807, 2.05) is 0 Å². The fourth-order valence-corrected chi connectivity index (χ4v) is 2.09. The molecule has 0 saturated carbocycles. The van der Waals surface area contributed by atoms with Crippen LogP contribution in [0.5, 0.6) is 0 Å². The van der Waals surface area contributed by atoms with Crippen LogP contribution in [0.3, 0.4) is 0 Å². The fraction of sp³-hybridized carbons (Fsp3) is 0.462. The van der Waals surface area contributed by atoms with Crippen molar-refractivity contribution in [2.24, 2.45) is 10.7 Å². The number of amidine groups is 1. The predicted octanol–water partition coefficient (Wildman–Crippen LogP) is 1.61. The molecule has 3 N–H and O–H groups in total. The van der Waals surface area contributed by atoms with Crippen LogP contribution >= 0.6 is 0 Å². The summed E-state index contributed by atoms with van der Waals surface area (Å²) < 4.78 is 0. The van der Waals surface area contributed by atoms with Crippen molar-refractivity contribution in [2.45, 2.75) is 26.8 Å². The van der Waals surface area contributed by atoms with Gasteiger partial charge in [-0.05, 0) is 43.0 Å². The molecule has 3 nitrogen and oxygen atoms in total. The Balaban J connectivity index is 2.37. The molecule has 0 aliphatic carbocycles. The highest BCUT2D eigenvalue weighted by molar-refractivity contribution is 5.89. The van der Waals surface area contributed by atoms with Gasteiger partial charge in [-0.15, -0.1) is 0 Å². The zero-order valence-electron chi connectivity index (χ0n) is 10.2. The molecule has 0 radical (unpaired) electrons. The minimum Gasteiger partial charge on any atom is -0.370 e. The van der Waals surface area contributed by atoms with Gasteiger partial charge in [0.25, 0.3) is 0 Å². The Hall–Kier alpha value is -1.35. The molecular weight excluding hydrogens is 198 g/mol. The van der Waals surface area contributed by atoms with Gasteiger partial charge in [0.2, 0.25) is 0 Å². The van der Waals surface area contributed by atoms with Crippen molar-refractivity contribution >= 4 is 5.84 Å². The standard InChI is InChI=1S/C13H19N3/c1-8-4-5-11(10(3)9(8)2)12(14)13-15-6-7-16-13/h4-5,12H,6-7,14H2,1-3H3,(H,15,16). The first-order chi connectivity index (χ1) is 7.61. The molecule has 1 atom stereocenters. The molecule has 0 aromatic heterocycles. The van der Waals surface area contributed by atoms with Gasteiger partial charge in [-0.25, -0.2) is 0 Å². The molecule has 1 aliphatic rings. The average Bonchev–Trinajstić information content (AvgIpc) is 2.79. The van der Waals surface area contributed by atoms with E-state index >= 15 is 0 Å². The number of nitrogens with zero attached hydrogens (tertiary/aromatic N) is 1. The second-order valence-electron chi connectivity index (χ2n) is 4.39. The van der Waals surface area contributed by atoms with E-state index in [9.17, 15) is 0 Å². The first-order valence-electron chi connectivity index (χ1n) is 5.71. The Morgan fingerprint density at radius 2 is 2.00 bits per heavy atom. The molecule has 16 heavy (non-hydrogen) atoms. The fourth-order valence-electron chi connectivity index (χ4n) is 2.09. The van der Waals surface area contributed by atoms with E-state index in [1.165, 1.54) is 22.3 Å². The summed E-state index contributed by atoms with van der Waals surface area (Å²) in [5.74, 6) is 0.923. The Labute approximate surface area is 96.8 Å². The average molecular weight is 217 g/mol. The first-order valence-corrected chi connectivity index (χ1v) is 5.71. The third-order valence-electron chi connectivity index (χ3n) is 3.43. The lowest BCUT2D eigenvalue weighted by Gasteiger charge is -2.18. The topological polar surface area (TPSA) is 50.4 Å². The van der Waals surface area contributed by atoms with Crippen LogP contribution in [0.15, 0.2) is 17.1 Å². The van der Waals surface area contributed by atoms with Gasteiger partial charge in [0, 0.05) is 6.54 Å². The summed E-state index contributed by atoms with van der Waals surface area (Å²) in [5.41, 5.74) is 11.3. The molecule has 0 amide bonds. The summed E-state index contributed by atoms with van der Waals surface area (Å²) in [7, 11) is 0. The second-order valence-corrected chi connectivity index (χ2v) is 4.39.